The molecule has 4 rings (SSSR count). The van der Waals surface area contributed by atoms with Crippen molar-refractivity contribution >= 4 is 11.8 Å². The molecule has 0 spiro atoms. The lowest BCUT2D eigenvalue weighted by molar-refractivity contribution is 0.0696. The largest absolute Gasteiger partial charge is 0.507 e. The van der Waals surface area contributed by atoms with Gasteiger partial charge >= 0.3 is 5.97 Å². The lowest BCUT2D eigenvalue weighted by atomic mass is 9.96. The molecule has 1 heterocycles. The molecule has 4 N–H and O–H groups in total. The number of carbonyl (C=O) groups is 2. The van der Waals surface area contributed by atoms with Gasteiger partial charge in [-0.2, -0.15) is 0 Å². The summed E-state index contributed by atoms with van der Waals surface area (Å²) in [7, 11) is 0. The highest BCUT2D eigenvalue weighted by Crippen LogP contribution is 2.34. The molecule has 3 aromatic rings. The minimum Gasteiger partial charge on any atom is -0.507 e. The number of carboxylic acids is 1. The molecule has 1 aliphatic rings. The van der Waals surface area contributed by atoms with E-state index in [9.17, 15) is 19.8 Å². The van der Waals surface area contributed by atoms with Gasteiger partial charge in [0.25, 0.3) is 0 Å². The van der Waals surface area contributed by atoms with E-state index in [-0.39, 0.29) is 35.4 Å². The summed E-state index contributed by atoms with van der Waals surface area (Å²) in [6, 6.07) is 16.1. The molecule has 8 nitrogen and oxygen atoms in total. The smallest absolute Gasteiger partial charge is 0.335 e. The zero-order valence-electron chi connectivity index (χ0n) is 22.3. The second kappa shape index (κ2) is 12.8. The Bertz CT molecular complexity index is 1320. The van der Waals surface area contributed by atoms with Gasteiger partial charge in [0.15, 0.2) is 5.78 Å². The fourth-order valence-electron chi connectivity index (χ4n) is 4.76. The summed E-state index contributed by atoms with van der Waals surface area (Å²) < 4.78 is 12.0. The number of hydrogen-bond acceptors (Lipinski definition) is 7. The molecule has 2 atom stereocenters. The Morgan fingerprint density at radius 3 is 2.54 bits per heavy atom. The van der Waals surface area contributed by atoms with Crippen LogP contribution in [0.4, 0.5) is 0 Å². The molecule has 0 amide bonds. The van der Waals surface area contributed by atoms with Gasteiger partial charge in [0, 0.05) is 18.7 Å². The number of aromatic hydroxyl groups is 1. The number of carbonyl (C=O) groups excluding carboxylic acids is 1. The van der Waals surface area contributed by atoms with Crippen molar-refractivity contribution in [3.05, 3.63) is 76.9 Å². The van der Waals surface area contributed by atoms with Gasteiger partial charge in [-0.1, -0.05) is 31.5 Å². The number of aliphatic hydroxyl groups is 1. The number of ether oxygens (including phenoxy) is 2. The number of ketones is 1. The van der Waals surface area contributed by atoms with Crippen LogP contribution in [0.3, 0.4) is 0 Å². The van der Waals surface area contributed by atoms with Crippen LogP contribution in [-0.4, -0.2) is 59.0 Å². The van der Waals surface area contributed by atoms with E-state index in [4.69, 9.17) is 14.6 Å². The standard InChI is InChI=1S/C31H35NO7/c1-3-4-27-29(14-12-26(19(2)33)30(27)35)38-18-24(34)16-32-17-25-11-9-23-15-22(10-13-28(23)39-25)20-5-7-21(8-6-20)31(36)37/h5-8,10,12-15,24-25,32,34-35H,3-4,9,11,16-18H2,1-2H3,(H,36,37)/t24?,25-/m1/s1. The predicted octanol–water partition coefficient (Wildman–Crippen LogP) is 4.64. The summed E-state index contributed by atoms with van der Waals surface area (Å²) in [6.45, 7) is 4.33. The summed E-state index contributed by atoms with van der Waals surface area (Å²) in [5, 5.41) is 33.3. The van der Waals surface area contributed by atoms with Crippen LogP contribution in [0.2, 0.25) is 0 Å². The maximum atomic E-state index is 11.7. The van der Waals surface area contributed by atoms with Gasteiger partial charge in [0.05, 0.1) is 11.1 Å². The molecule has 1 unspecified atom stereocenters. The van der Waals surface area contributed by atoms with Gasteiger partial charge in [0.1, 0.15) is 36.1 Å². The summed E-state index contributed by atoms with van der Waals surface area (Å²) in [5.41, 5.74) is 4.19. The van der Waals surface area contributed by atoms with E-state index in [1.165, 1.54) is 6.92 Å². The maximum absolute atomic E-state index is 11.7. The van der Waals surface area contributed by atoms with Crippen molar-refractivity contribution in [2.45, 2.75) is 51.7 Å². The Labute approximate surface area is 228 Å². The molecule has 39 heavy (non-hydrogen) atoms. The Hall–Kier alpha value is -3.88. The predicted molar refractivity (Wildman–Crippen MR) is 148 cm³/mol. The Kier molecular flexibility index (Phi) is 9.22. The lowest BCUT2D eigenvalue weighted by Crippen LogP contribution is -2.39. The molecule has 0 aromatic heterocycles. The molecule has 0 fully saturated rings. The monoisotopic (exact) mass is 533 g/mol. The summed E-state index contributed by atoms with van der Waals surface area (Å²) in [6.07, 6.45) is 2.24. The third kappa shape index (κ3) is 6.96. The van der Waals surface area contributed by atoms with Crippen LogP contribution in [-0.2, 0) is 12.8 Å². The number of carboxylic acid groups (broad SMARTS) is 1. The molecular formula is C31H35NO7. The number of phenols is 1. The second-order valence-corrected chi connectivity index (χ2v) is 9.85. The number of nitrogens with one attached hydrogen (secondary N) is 1. The van der Waals surface area contributed by atoms with Crippen molar-refractivity contribution < 1.29 is 34.4 Å². The van der Waals surface area contributed by atoms with E-state index in [2.05, 4.69) is 11.4 Å². The summed E-state index contributed by atoms with van der Waals surface area (Å²) in [4.78, 5) is 22.8. The van der Waals surface area contributed by atoms with E-state index < -0.39 is 12.1 Å². The van der Waals surface area contributed by atoms with Gasteiger partial charge < -0.3 is 30.1 Å². The lowest BCUT2D eigenvalue weighted by Gasteiger charge is -2.27. The number of fused-ring (bicyclic) bond motifs is 1. The van der Waals surface area contributed by atoms with Gasteiger partial charge in [-0.25, -0.2) is 4.79 Å². The molecule has 0 bridgehead atoms. The van der Waals surface area contributed by atoms with Crippen LogP contribution < -0.4 is 14.8 Å². The molecule has 3 aromatic carbocycles. The van der Waals surface area contributed by atoms with E-state index in [0.717, 1.165) is 41.7 Å². The molecule has 0 saturated carbocycles. The van der Waals surface area contributed by atoms with E-state index >= 15 is 0 Å². The summed E-state index contributed by atoms with van der Waals surface area (Å²) in [5.74, 6) is 0.109. The molecule has 0 saturated heterocycles. The first-order chi connectivity index (χ1) is 18.8. The minimum absolute atomic E-state index is 0.0291. The fourth-order valence-corrected chi connectivity index (χ4v) is 4.76. The third-order valence-electron chi connectivity index (χ3n) is 6.86. The number of aromatic carboxylic acids is 1. The Morgan fingerprint density at radius 1 is 1.10 bits per heavy atom. The van der Waals surface area contributed by atoms with E-state index in [0.29, 0.717) is 30.8 Å². The normalized spacial score (nSPS) is 15.2. The molecule has 0 aliphatic carbocycles. The first kappa shape index (κ1) is 28.1. The number of Topliss-reactive ketones (excluding diaryl/α,β-unsaturated/α-hetero) is 1. The number of aliphatic hydroxyl groups excluding tert-OH is 1. The zero-order valence-corrected chi connectivity index (χ0v) is 22.3. The van der Waals surface area contributed by atoms with E-state index in [1.807, 2.05) is 31.2 Å². The molecular weight excluding hydrogens is 498 g/mol. The minimum atomic E-state index is -0.943. The number of hydrogen-bond donors (Lipinski definition) is 4. The van der Waals surface area contributed by atoms with Crippen LogP contribution in [0, 0.1) is 0 Å². The topological polar surface area (TPSA) is 125 Å². The number of benzene rings is 3. The average molecular weight is 534 g/mol. The van der Waals surface area contributed by atoms with Crippen LogP contribution >= 0.6 is 0 Å². The van der Waals surface area contributed by atoms with Crippen molar-refractivity contribution in [1.29, 1.82) is 0 Å². The van der Waals surface area contributed by atoms with Crippen molar-refractivity contribution in [2.24, 2.45) is 0 Å². The summed E-state index contributed by atoms with van der Waals surface area (Å²) >= 11 is 0. The SMILES string of the molecule is CCCc1c(OCC(O)CNC[C@H]2CCc3cc(-c4ccc(C(=O)O)cc4)ccc3O2)ccc(C(C)=O)c1O. The van der Waals surface area contributed by atoms with Crippen LogP contribution in [0.5, 0.6) is 17.2 Å². The van der Waals surface area contributed by atoms with Crippen molar-refractivity contribution in [1.82, 2.24) is 5.32 Å². The van der Waals surface area contributed by atoms with Crippen LogP contribution in [0.1, 0.15) is 58.5 Å². The number of phenolic OH excluding ortho intramolecular Hbond substituents is 1. The van der Waals surface area contributed by atoms with Crippen molar-refractivity contribution in [3.63, 3.8) is 0 Å². The Balaban J connectivity index is 1.26. The van der Waals surface area contributed by atoms with Gasteiger partial charge in [-0.05, 0) is 79.3 Å². The number of aryl methyl sites for hydroxylation is 1. The Morgan fingerprint density at radius 2 is 1.85 bits per heavy atom. The fraction of sp³-hybridized carbons (Fsp3) is 0.355. The first-order valence-electron chi connectivity index (χ1n) is 13.3. The van der Waals surface area contributed by atoms with Crippen LogP contribution in [0.15, 0.2) is 54.6 Å². The third-order valence-corrected chi connectivity index (χ3v) is 6.86. The van der Waals surface area contributed by atoms with E-state index in [1.54, 1.807) is 24.3 Å². The molecule has 8 heteroatoms. The molecule has 0 radical (unpaired) electrons. The highest BCUT2D eigenvalue weighted by atomic mass is 16.5. The van der Waals surface area contributed by atoms with Gasteiger partial charge in [0.2, 0.25) is 0 Å². The quantitative estimate of drug-likeness (QED) is 0.248. The van der Waals surface area contributed by atoms with Crippen molar-refractivity contribution in [2.75, 3.05) is 19.7 Å². The highest BCUT2D eigenvalue weighted by Gasteiger charge is 2.21. The first-order valence-corrected chi connectivity index (χ1v) is 13.3. The second-order valence-electron chi connectivity index (χ2n) is 9.85. The molecule has 206 valence electrons. The van der Waals surface area contributed by atoms with Gasteiger partial charge in [-0.15, -0.1) is 0 Å². The molecule has 1 aliphatic heterocycles. The van der Waals surface area contributed by atoms with Crippen LogP contribution in [0.25, 0.3) is 11.1 Å². The number of rotatable bonds is 12. The zero-order chi connectivity index (χ0) is 27.9. The average Bonchev–Trinajstić information content (AvgIpc) is 2.93. The maximum Gasteiger partial charge on any atom is 0.335 e. The van der Waals surface area contributed by atoms with Crippen molar-refractivity contribution in [3.8, 4) is 28.4 Å². The highest BCUT2D eigenvalue weighted by molar-refractivity contribution is 5.97. The van der Waals surface area contributed by atoms with Gasteiger partial charge in [-0.3, -0.25) is 4.79 Å².